The summed E-state index contributed by atoms with van der Waals surface area (Å²) in [5, 5.41) is 7.85. The number of ether oxygens (including phenoxy) is 1. The summed E-state index contributed by atoms with van der Waals surface area (Å²) in [6, 6.07) is 11.8. The molecule has 0 atom stereocenters. The molecule has 0 aliphatic carbocycles. The van der Waals surface area contributed by atoms with Crippen molar-refractivity contribution < 1.29 is 13.9 Å². The van der Waals surface area contributed by atoms with Crippen molar-refractivity contribution in [2.24, 2.45) is 4.99 Å². The summed E-state index contributed by atoms with van der Waals surface area (Å²) in [6.45, 7) is 2.95. The number of benzene rings is 2. The molecule has 0 saturated carbocycles. The second-order valence-electron chi connectivity index (χ2n) is 8.45. The molecule has 0 radical (unpaired) electrons. The Balaban J connectivity index is 0.000000210. The first kappa shape index (κ1) is 29.2. The SMILES string of the molecule is COC(=O)CSc1cc(/N=c2\sc(=O)n3n2CCCC3)c(F)cc1Cl.Cc1nnc(-c2ccccc2)c(=O)n1N. The van der Waals surface area contributed by atoms with E-state index >= 15 is 0 Å². The molecule has 40 heavy (non-hydrogen) atoms. The number of nitrogens with zero attached hydrogens (tertiary/aromatic N) is 6. The van der Waals surface area contributed by atoms with E-state index in [1.165, 1.54) is 13.2 Å². The van der Waals surface area contributed by atoms with Crippen LogP contribution in [0.15, 0.2) is 61.9 Å². The van der Waals surface area contributed by atoms with Gasteiger partial charge in [-0.1, -0.05) is 41.9 Å². The van der Waals surface area contributed by atoms with Crippen LogP contribution in [0.4, 0.5) is 10.1 Å². The number of hydrogen-bond acceptors (Lipinski definition) is 10. The quantitative estimate of drug-likeness (QED) is 0.208. The van der Waals surface area contributed by atoms with Crippen LogP contribution in [0.25, 0.3) is 11.3 Å². The van der Waals surface area contributed by atoms with Crippen molar-refractivity contribution in [3.05, 3.63) is 84.0 Å². The number of methoxy groups -OCH3 is 1. The fraction of sp³-hybridized carbons (Fsp3) is 0.280. The number of aryl methyl sites for hydroxylation is 1. The number of nitrogens with two attached hydrogens (primary N) is 1. The summed E-state index contributed by atoms with van der Waals surface area (Å²) >= 11 is 8.17. The van der Waals surface area contributed by atoms with Gasteiger partial charge in [-0.25, -0.2) is 18.7 Å². The van der Waals surface area contributed by atoms with Crippen LogP contribution in [0.1, 0.15) is 18.7 Å². The maximum Gasteiger partial charge on any atom is 0.325 e. The molecule has 2 aromatic heterocycles. The van der Waals surface area contributed by atoms with E-state index in [4.69, 9.17) is 17.4 Å². The summed E-state index contributed by atoms with van der Waals surface area (Å²) in [7, 11) is 1.30. The van der Waals surface area contributed by atoms with Gasteiger partial charge in [0.1, 0.15) is 11.5 Å². The molecule has 5 rings (SSSR count). The normalized spacial score (nSPS) is 12.8. The van der Waals surface area contributed by atoms with Crippen molar-refractivity contribution in [2.45, 2.75) is 37.8 Å². The Labute approximate surface area is 240 Å². The van der Waals surface area contributed by atoms with Gasteiger partial charge < -0.3 is 10.6 Å². The number of rotatable bonds is 5. The second-order valence-corrected chi connectivity index (χ2v) is 10.8. The number of carbonyl (C=O) groups excluding carboxylic acids is 1. The highest BCUT2D eigenvalue weighted by molar-refractivity contribution is 8.00. The second kappa shape index (κ2) is 13.1. The standard InChI is InChI=1S/C15H15ClFN3O3S2.C10H10N4O/c1-23-13(21)8-24-12-7-11(10(17)6-9(12)16)18-14-19-4-2-3-5-20(19)15(22)25-14;1-7-12-13-9(10(15)14(7)11)8-5-3-2-4-6-8/h6-7H,2-5,8H2,1H3;2-6H,11H2,1H3/b18-14-;. The number of aromatic nitrogens is 5. The van der Waals surface area contributed by atoms with Crippen LogP contribution < -0.4 is 21.1 Å². The Hall–Kier alpha value is -3.75. The molecule has 3 heterocycles. The van der Waals surface area contributed by atoms with E-state index in [9.17, 15) is 18.8 Å². The van der Waals surface area contributed by atoms with Gasteiger partial charge >= 0.3 is 10.8 Å². The van der Waals surface area contributed by atoms with Gasteiger partial charge in [-0.2, -0.15) is 0 Å². The summed E-state index contributed by atoms with van der Waals surface area (Å²) in [5.74, 6) is 4.99. The van der Waals surface area contributed by atoms with Gasteiger partial charge in [-0.3, -0.25) is 19.1 Å². The van der Waals surface area contributed by atoms with Crippen molar-refractivity contribution >= 4 is 46.4 Å². The molecule has 11 nitrogen and oxygen atoms in total. The number of nitrogen functional groups attached to an aromatic ring is 1. The van der Waals surface area contributed by atoms with Gasteiger partial charge in [0, 0.05) is 23.5 Å². The van der Waals surface area contributed by atoms with Crippen molar-refractivity contribution in [1.29, 1.82) is 0 Å². The lowest BCUT2D eigenvalue weighted by atomic mass is 10.2. The molecule has 4 aromatic rings. The largest absolute Gasteiger partial charge is 0.468 e. The predicted molar refractivity (Wildman–Crippen MR) is 152 cm³/mol. The Kier molecular flexibility index (Phi) is 9.55. The van der Waals surface area contributed by atoms with Crippen molar-refractivity contribution in [2.75, 3.05) is 18.7 Å². The minimum atomic E-state index is -0.580. The lowest BCUT2D eigenvalue weighted by Gasteiger charge is -2.15. The first-order chi connectivity index (χ1) is 19.2. The van der Waals surface area contributed by atoms with Gasteiger partial charge in [0.05, 0.1) is 17.9 Å². The van der Waals surface area contributed by atoms with E-state index in [0.717, 1.165) is 46.7 Å². The number of hydrogen-bond donors (Lipinski definition) is 1. The Morgan fingerprint density at radius 1 is 1.18 bits per heavy atom. The van der Waals surface area contributed by atoms with Crippen LogP contribution in [0.2, 0.25) is 5.02 Å². The lowest BCUT2D eigenvalue weighted by Crippen LogP contribution is -2.32. The molecule has 2 N–H and O–H groups in total. The predicted octanol–water partition coefficient (Wildman–Crippen LogP) is 3.12. The molecule has 0 fully saturated rings. The highest BCUT2D eigenvalue weighted by atomic mass is 35.5. The highest BCUT2D eigenvalue weighted by Gasteiger charge is 2.15. The third-order valence-corrected chi connectivity index (χ3v) is 8.12. The van der Waals surface area contributed by atoms with Crippen molar-refractivity contribution in [3.8, 4) is 11.3 Å². The van der Waals surface area contributed by atoms with Gasteiger partial charge in [-0.05, 0) is 43.2 Å². The monoisotopic (exact) mass is 605 g/mol. The molecule has 1 aliphatic rings. The summed E-state index contributed by atoms with van der Waals surface area (Å²) < 4.78 is 23.2. The van der Waals surface area contributed by atoms with Crippen LogP contribution in [0, 0.1) is 12.7 Å². The fourth-order valence-corrected chi connectivity index (χ4v) is 5.67. The van der Waals surface area contributed by atoms with Crippen LogP contribution in [-0.2, 0) is 22.6 Å². The number of carbonyl (C=O) groups is 1. The maximum atomic E-state index is 14.3. The maximum absolute atomic E-state index is 14.3. The Bertz CT molecular complexity index is 1720. The Morgan fingerprint density at radius 3 is 2.58 bits per heavy atom. The van der Waals surface area contributed by atoms with Crippen molar-refractivity contribution in [3.63, 3.8) is 0 Å². The molecule has 0 amide bonds. The zero-order valence-corrected chi connectivity index (χ0v) is 23.9. The first-order valence-corrected chi connectivity index (χ1v) is 14.2. The average Bonchev–Trinajstić information content (AvgIpc) is 3.28. The first-order valence-electron chi connectivity index (χ1n) is 12.0. The van der Waals surface area contributed by atoms with Crippen LogP contribution in [-0.4, -0.2) is 43.1 Å². The van der Waals surface area contributed by atoms with E-state index in [2.05, 4.69) is 19.9 Å². The fourth-order valence-electron chi connectivity index (χ4n) is 3.68. The number of esters is 1. The topological polar surface area (TPSA) is 139 Å². The van der Waals surface area contributed by atoms with E-state index in [0.29, 0.717) is 34.2 Å². The zero-order valence-electron chi connectivity index (χ0n) is 21.5. The molecular weight excluding hydrogens is 581 g/mol. The molecule has 0 spiro atoms. The number of halogens is 2. The summed E-state index contributed by atoms with van der Waals surface area (Å²) in [5.41, 5.74) is 0.728. The number of thioether (sulfide) groups is 1. The van der Waals surface area contributed by atoms with E-state index < -0.39 is 11.8 Å². The molecule has 0 saturated heterocycles. The molecule has 210 valence electrons. The molecular formula is C25H25ClFN7O4S2. The third-order valence-electron chi connectivity index (χ3n) is 5.79. The van der Waals surface area contributed by atoms with E-state index in [1.54, 1.807) is 28.4 Å². The lowest BCUT2D eigenvalue weighted by molar-refractivity contribution is -0.137. The minimum Gasteiger partial charge on any atom is -0.468 e. The van der Waals surface area contributed by atoms with Gasteiger partial charge in [0.15, 0.2) is 11.5 Å². The summed E-state index contributed by atoms with van der Waals surface area (Å²) in [6.07, 6.45) is 1.90. The smallest absolute Gasteiger partial charge is 0.325 e. The number of fused-ring (bicyclic) bond motifs is 1. The molecule has 0 unspecified atom stereocenters. The average molecular weight is 606 g/mol. The van der Waals surface area contributed by atoms with Crippen molar-refractivity contribution in [1.82, 2.24) is 24.2 Å². The Morgan fingerprint density at radius 2 is 1.88 bits per heavy atom. The minimum absolute atomic E-state index is 0.0605. The van der Waals surface area contributed by atoms with Gasteiger partial charge in [-0.15, -0.1) is 22.0 Å². The molecule has 15 heteroatoms. The highest BCUT2D eigenvalue weighted by Crippen LogP contribution is 2.33. The zero-order chi connectivity index (χ0) is 28.8. The van der Waals surface area contributed by atoms with Gasteiger partial charge in [0.25, 0.3) is 5.56 Å². The van der Waals surface area contributed by atoms with Crippen LogP contribution in [0.5, 0.6) is 0 Å². The summed E-state index contributed by atoms with van der Waals surface area (Å²) in [4.78, 5) is 40.2. The van der Waals surface area contributed by atoms with E-state index in [-0.39, 0.29) is 32.6 Å². The molecule has 2 aromatic carbocycles. The van der Waals surface area contributed by atoms with Crippen LogP contribution in [0.3, 0.4) is 0 Å². The third kappa shape index (κ3) is 6.69. The molecule has 0 bridgehead atoms. The van der Waals surface area contributed by atoms with E-state index in [1.807, 2.05) is 18.2 Å². The van der Waals surface area contributed by atoms with Crippen LogP contribution >= 0.6 is 34.7 Å². The van der Waals surface area contributed by atoms with Gasteiger partial charge in [0.2, 0.25) is 4.80 Å². The molecule has 1 aliphatic heterocycles.